The van der Waals surface area contributed by atoms with Crippen LogP contribution in [-0.4, -0.2) is 31.7 Å². The van der Waals surface area contributed by atoms with Crippen molar-refractivity contribution in [3.8, 4) is 0 Å². The number of carbonyl (C=O) groups excluding carboxylic acids is 1. The first-order valence-corrected chi connectivity index (χ1v) is 5.62. The highest BCUT2D eigenvalue weighted by Crippen LogP contribution is 2.23. The fourth-order valence-corrected chi connectivity index (χ4v) is 1.88. The summed E-state index contributed by atoms with van der Waals surface area (Å²) in [6.07, 6.45) is -0.579. The largest absolute Gasteiger partial charge is 0.376 e. The highest BCUT2D eigenvalue weighted by molar-refractivity contribution is 6.36. The third-order valence-corrected chi connectivity index (χ3v) is 2.87. The minimum atomic E-state index is -0.579. The Morgan fingerprint density at radius 2 is 2.12 bits per heavy atom. The molecule has 1 saturated heterocycles. The van der Waals surface area contributed by atoms with Gasteiger partial charge in [-0.2, -0.15) is 0 Å². The first-order chi connectivity index (χ1) is 7.68. The molecule has 1 aromatic carbocycles. The SMILES string of the molecule is O=C(c1cc(Cl)ccc1Cl)C1COCCO1. The second kappa shape index (κ2) is 5.15. The average molecular weight is 261 g/mol. The molecule has 1 atom stereocenters. The molecule has 0 bridgehead atoms. The first kappa shape index (κ1) is 11.9. The van der Waals surface area contributed by atoms with E-state index < -0.39 is 6.10 Å². The van der Waals surface area contributed by atoms with Crippen molar-refractivity contribution >= 4 is 29.0 Å². The Balaban J connectivity index is 2.22. The normalized spacial score (nSPS) is 20.8. The Labute approximate surface area is 103 Å². The molecule has 0 saturated carbocycles. The lowest BCUT2D eigenvalue weighted by molar-refractivity contribution is -0.0719. The smallest absolute Gasteiger partial charge is 0.195 e. The Kier molecular flexibility index (Phi) is 3.82. The van der Waals surface area contributed by atoms with Gasteiger partial charge in [0.1, 0.15) is 6.10 Å². The van der Waals surface area contributed by atoms with Crippen LogP contribution in [-0.2, 0) is 9.47 Å². The molecule has 1 aromatic rings. The minimum Gasteiger partial charge on any atom is -0.376 e. The van der Waals surface area contributed by atoms with E-state index in [-0.39, 0.29) is 12.4 Å². The third-order valence-electron chi connectivity index (χ3n) is 2.30. The van der Waals surface area contributed by atoms with Gasteiger partial charge in [-0.3, -0.25) is 4.79 Å². The summed E-state index contributed by atoms with van der Waals surface area (Å²) in [5.74, 6) is -0.188. The molecule has 0 spiro atoms. The van der Waals surface area contributed by atoms with Crippen LogP contribution in [0.2, 0.25) is 10.0 Å². The number of carbonyl (C=O) groups is 1. The number of hydrogen-bond acceptors (Lipinski definition) is 3. The van der Waals surface area contributed by atoms with Crippen molar-refractivity contribution in [2.24, 2.45) is 0 Å². The summed E-state index contributed by atoms with van der Waals surface area (Å²) in [5, 5.41) is 0.855. The molecule has 1 heterocycles. The van der Waals surface area contributed by atoms with Gasteiger partial charge in [0.05, 0.1) is 24.8 Å². The number of rotatable bonds is 2. The summed E-state index contributed by atoms with van der Waals surface area (Å²) < 4.78 is 10.5. The highest BCUT2D eigenvalue weighted by Gasteiger charge is 2.25. The maximum absolute atomic E-state index is 12.0. The van der Waals surface area contributed by atoms with Crippen molar-refractivity contribution in [1.29, 1.82) is 0 Å². The maximum atomic E-state index is 12.0. The van der Waals surface area contributed by atoms with E-state index in [2.05, 4.69) is 0 Å². The van der Waals surface area contributed by atoms with E-state index in [9.17, 15) is 4.79 Å². The van der Waals surface area contributed by atoms with Crippen molar-refractivity contribution < 1.29 is 14.3 Å². The van der Waals surface area contributed by atoms with Gasteiger partial charge in [0, 0.05) is 10.6 Å². The molecule has 1 fully saturated rings. The zero-order valence-corrected chi connectivity index (χ0v) is 9.92. The number of ketones is 1. The summed E-state index contributed by atoms with van der Waals surface area (Å²) in [6, 6.07) is 4.78. The molecule has 5 heteroatoms. The van der Waals surface area contributed by atoms with Crippen molar-refractivity contribution in [3.05, 3.63) is 33.8 Å². The van der Waals surface area contributed by atoms with Gasteiger partial charge < -0.3 is 9.47 Å². The third kappa shape index (κ3) is 2.55. The fourth-order valence-electron chi connectivity index (χ4n) is 1.50. The molecule has 0 radical (unpaired) electrons. The number of Topliss-reactive ketones (excluding diaryl/α,β-unsaturated/α-hetero) is 1. The van der Waals surface area contributed by atoms with Gasteiger partial charge in [-0.1, -0.05) is 23.2 Å². The second-order valence-corrected chi connectivity index (χ2v) is 4.27. The molecule has 3 nitrogen and oxygen atoms in total. The summed E-state index contributed by atoms with van der Waals surface area (Å²) in [6.45, 7) is 1.21. The van der Waals surface area contributed by atoms with E-state index >= 15 is 0 Å². The van der Waals surface area contributed by atoms with Crippen molar-refractivity contribution in [2.45, 2.75) is 6.10 Å². The zero-order valence-electron chi connectivity index (χ0n) is 8.41. The predicted octanol–water partition coefficient (Wildman–Crippen LogP) is 2.59. The van der Waals surface area contributed by atoms with Crippen LogP contribution in [0.4, 0.5) is 0 Å². The number of hydrogen-bond donors (Lipinski definition) is 0. The Morgan fingerprint density at radius 1 is 1.31 bits per heavy atom. The zero-order chi connectivity index (χ0) is 11.5. The van der Waals surface area contributed by atoms with Gasteiger partial charge in [0.25, 0.3) is 0 Å². The van der Waals surface area contributed by atoms with Gasteiger partial charge in [-0.05, 0) is 18.2 Å². The quantitative estimate of drug-likeness (QED) is 0.767. The predicted molar refractivity (Wildman–Crippen MR) is 61.4 cm³/mol. The number of ether oxygens (including phenoxy) is 2. The molecule has 1 aliphatic rings. The average Bonchev–Trinajstić information content (AvgIpc) is 2.32. The van der Waals surface area contributed by atoms with Crippen LogP contribution in [0.25, 0.3) is 0 Å². The van der Waals surface area contributed by atoms with Crippen molar-refractivity contribution in [1.82, 2.24) is 0 Å². The Hall–Kier alpha value is -0.610. The topological polar surface area (TPSA) is 35.5 Å². The monoisotopic (exact) mass is 260 g/mol. The van der Waals surface area contributed by atoms with E-state index in [0.29, 0.717) is 28.8 Å². The van der Waals surface area contributed by atoms with Crippen LogP contribution < -0.4 is 0 Å². The van der Waals surface area contributed by atoms with E-state index in [1.165, 1.54) is 0 Å². The maximum Gasteiger partial charge on any atom is 0.195 e. The standard InChI is InChI=1S/C11H10Cl2O3/c12-7-1-2-9(13)8(5-7)11(14)10-6-15-3-4-16-10/h1-2,5,10H,3-4,6H2. The Morgan fingerprint density at radius 3 is 2.81 bits per heavy atom. The lowest BCUT2D eigenvalue weighted by atomic mass is 10.1. The number of benzene rings is 1. The molecule has 0 amide bonds. The van der Waals surface area contributed by atoms with Crippen LogP contribution in [0, 0.1) is 0 Å². The second-order valence-electron chi connectivity index (χ2n) is 3.42. The molecular weight excluding hydrogens is 251 g/mol. The highest BCUT2D eigenvalue weighted by atomic mass is 35.5. The van der Waals surface area contributed by atoms with Crippen molar-refractivity contribution in [2.75, 3.05) is 19.8 Å². The van der Waals surface area contributed by atoms with Crippen LogP contribution in [0.5, 0.6) is 0 Å². The summed E-state index contributed by atoms with van der Waals surface area (Å²) in [5.41, 5.74) is 0.379. The molecule has 86 valence electrons. The minimum absolute atomic E-state index is 0.188. The molecule has 0 aromatic heterocycles. The first-order valence-electron chi connectivity index (χ1n) is 4.87. The van der Waals surface area contributed by atoms with E-state index in [1.807, 2.05) is 0 Å². The molecule has 2 rings (SSSR count). The summed E-state index contributed by atoms with van der Waals surface area (Å²) in [4.78, 5) is 12.0. The van der Waals surface area contributed by atoms with Gasteiger partial charge in [0.2, 0.25) is 0 Å². The molecule has 0 N–H and O–H groups in total. The van der Waals surface area contributed by atoms with E-state index in [4.69, 9.17) is 32.7 Å². The summed E-state index contributed by atoms with van der Waals surface area (Å²) in [7, 11) is 0. The molecule has 16 heavy (non-hydrogen) atoms. The Bertz CT molecular complexity index is 400. The molecular formula is C11H10Cl2O3. The fraction of sp³-hybridized carbons (Fsp3) is 0.364. The van der Waals surface area contributed by atoms with Gasteiger partial charge in [-0.15, -0.1) is 0 Å². The summed E-state index contributed by atoms with van der Waals surface area (Å²) >= 11 is 11.8. The van der Waals surface area contributed by atoms with Gasteiger partial charge >= 0.3 is 0 Å². The van der Waals surface area contributed by atoms with Gasteiger partial charge in [0.15, 0.2) is 5.78 Å². The van der Waals surface area contributed by atoms with Crippen molar-refractivity contribution in [3.63, 3.8) is 0 Å². The lowest BCUT2D eigenvalue weighted by Crippen LogP contribution is -2.35. The molecule has 1 unspecified atom stereocenters. The van der Waals surface area contributed by atoms with E-state index in [1.54, 1.807) is 18.2 Å². The molecule has 1 aliphatic heterocycles. The van der Waals surface area contributed by atoms with Crippen LogP contribution in [0.15, 0.2) is 18.2 Å². The number of halogens is 2. The van der Waals surface area contributed by atoms with E-state index in [0.717, 1.165) is 0 Å². The van der Waals surface area contributed by atoms with Crippen LogP contribution in [0.1, 0.15) is 10.4 Å². The van der Waals surface area contributed by atoms with Gasteiger partial charge in [-0.25, -0.2) is 0 Å². The lowest BCUT2D eigenvalue weighted by Gasteiger charge is -2.22. The molecule has 0 aliphatic carbocycles. The van der Waals surface area contributed by atoms with Crippen LogP contribution in [0.3, 0.4) is 0 Å². The van der Waals surface area contributed by atoms with Crippen LogP contribution >= 0.6 is 23.2 Å².